The first-order valence-corrected chi connectivity index (χ1v) is 4.69. The third kappa shape index (κ3) is 1.26. The Hall–Kier alpha value is -0.520. The van der Waals surface area contributed by atoms with Gasteiger partial charge in [0.2, 0.25) is 0 Å². The van der Waals surface area contributed by atoms with Gasteiger partial charge in [-0.15, -0.1) is 0 Å². The summed E-state index contributed by atoms with van der Waals surface area (Å²) in [6, 6.07) is 0. The highest BCUT2D eigenvalue weighted by Crippen LogP contribution is 2.48. The van der Waals surface area contributed by atoms with Crippen LogP contribution < -0.4 is 0 Å². The molecule has 0 aromatic heterocycles. The molecular formula is C11H16. The fourth-order valence-corrected chi connectivity index (χ4v) is 2.75. The average Bonchev–Trinajstić information content (AvgIpc) is 2.60. The third-order valence-corrected chi connectivity index (χ3v) is 3.29. The van der Waals surface area contributed by atoms with Gasteiger partial charge in [-0.3, -0.25) is 0 Å². The van der Waals surface area contributed by atoms with Crippen molar-refractivity contribution in [2.24, 2.45) is 17.8 Å². The van der Waals surface area contributed by atoms with Crippen LogP contribution in [0.3, 0.4) is 0 Å². The van der Waals surface area contributed by atoms with Gasteiger partial charge in [0.15, 0.2) is 0 Å². The van der Waals surface area contributed by atoms with Crippen molar-refractivity contribution in [1.82, 2.24) is 0 Å². The minimum absolute atomic E-state index is 0.895. The van der Waals surface area contributed by atoms with Gasteiger partial charge in [-0.2, -0.15) is 0 Å². The van der Waals surface area contributed by atoms with Crippen molar-refractivity contribution in [1.29, 1.82) is 0 Å². The smallest absolute Gasteiger partial charge is 0.0199 e. The Morgan fingerprint density at radius 3 is 2.64 bits per heavy atom. The van der Waals surface area contributed by atoms with E-state index < -0.39 is 0 Å². The standard InChI is InChI=1S/C11H16/c1-2-3-4-10-7-9-5-6-11(10)8-9/h2-4,9-11H,1,5-8H2. The molecule has 2 aliphatic carbocycles. The Labute approximate surface area is 69.0 Å². The number of allylic oxidation sites excluding steroid dienone is 3. The highest BCUT2D eigenvalue weighted by atomic mass is 14.4. The van der Waals surface area contributed by atoms with Crippen LogP contribution in [0.15, 0.2) is 24.8 Å². The van der Waals surface area contributed by atoms with E-state index in [4.69, 9.17) is 0 Å². The van der Waals surface area contributed by atoms with Gasteiger partial charge in [-0.25, -0.2) is 0 Å². The summed E-state index contributed by atoms with van der Waals surface area (Å²) in [6.07, 6.45) is 12.3. The molecule has 0 aliphatic heterocycles. The zero-order valence-electron chi connectivity index (χ0n) is 7.00. The van der Waals surface area contributed by atoms with Crippen LogP contribution in [-0.4, -0.2) is 0 Å². The van der Waals surface area contributed by atoms with E-state index >= 15 is 0 Å². The Balaban J connectivity index is 1.97. The van der Waals surface area contributed by atoms with Crippen molar-refractivity contribution in [2.75, 3.05) is 0 Å². The first-order valence-electron chi connectivity index (χ1n) is 4.69. The van der Waals surface area contributed by atoms with Gasteiger partial charge < -0.3 is 0 Å². The molecule has 2 aliphatic rings. The summed E-state index contributed by atoms with van der Waals surface area (Å²) in [6.45, 7) is 3.70. The lowest BCUT2D eigenvalue weighted by Crippen LogP contribution is -2.06. The predicted octanol–water partition coefficient (Wildman–Crippen LogP) is 3.16. The van der Waals surface area contributed by atoms with Crippen LogP contribution in [-0.2, 0) is 0 Å². The van der Waals surface area contributed by atoms with Crippen LogP contribution in [0.5, 0.6) is 0 Å². The average molecular weight is 148 g/mol. The Morgan fingerprint density at radius 2 is 2.09 bits per heavy atom. The monoisotopic (exact) mass is 148 g/mol. The van der Waals surface area contributed by atoms with Crippen molar-refractivity contribution < 1.29 is 0 Å². The van der Waals surface area contributed by atoms with Crippen molar-refractivity contribution in [3.8, 4) is 0 Å². The summed E-state index contributed by atoms with van der Waals surface area (Å²) >= 11 is 0. The van der Waals surface area contributed by atoms with E-state index in [1.54, 1.807) is 0 Å². The molecule has 0 aromatic carbocycles. The Morgan fingerprint density at radius 1 is 1.18 bits per heavy atom. The van der Waals surface area contributed by atoms with E-state index in [1.165, 1.54) is 25.7 Å². The predicted molar refractivity (Wildman–Crippen MR) is 48.3 cm³/mol. The maximum Gasteiger partial charge on any atom is -0.0199 e. The van der Waals surface area contributed by atoms with E-state index in [0.717, 1.165) is 17.8 Å². The first kappa shape index (κ1) is 7.15. The second kappa shape index (κ2) is 2.84. The van der Waals surface area contributed by atoms with Crippen molar-refractivity contribution in [2.45, 2.75) is 25.7 Å². The van der Waals surface area contributed by atoms with Crippen LogP contribution in [0.2, 0.25) is 0 Å². The maximum absolute atomic E-state index is 3.70. The summed E-state index contributed by atoms with van der Waals surface area (Å²) in [7, 11) is 0. The van der Waals surface area contributed by atoms with Crippen molar-refractivity contribution in [3.63, 3.8) is 0 Å². The molecular weight excluding hydrogens is 132 g/mol. The lowest BCUT2D eigenvalue weighted by Gasteiger charge is -2.17. The van der Waals surface area contributed by atoms with Gasteiger partial charge in [-0.05, 0) is 37.0 Å². The second-order valence-electron chi connectivity index (χ2n) is 3.96. The SMILES string of the molecule is C=CC=CC1CC2CCC1C2. The van der Waals surface area contributed by atoms with Gasteiger partial charge in [0, 0.05) is 0 Å². The molecule has 0 spiro atoms. The van der Waals surface area contributed by atoms with Crippen LogP contribution in [0.1, 0.15) is 25.7 Å². The van der Waals surface area contributed by atoms with Gasteiger partial charge in [-0.1, -0.05) is 31.2 Å². The zero-order valence-corrected chi connectivity index (χ0v) is 7.00. The fourth-order valence-electron chi connectivity index (χ4n) is 2.75. The van der Waals surface area contributed by atoms with Gasteiger partial charge in [0.1, 0.15) is 0 Å². The molecule has 0 heterocycles. The maximum atomic E-state index is 3.70. The zero-order chi connectivity index (χ0) is 7.68. The van der Waals surface area contributed by atoms with Gasteiger partial charge >= 0.3 is 0 Å². The minimum Gasteiger partial charge on any atom is -0.0991 e. The van der Waals surface area contributed by atoms with Crippen LogP contribution >= 0.6 is 0 Å². The highest BCUT2D eigenvalue weighted by molar-refractivity contribution is 5.05. The quantitative estimate of drug-likeness (QED) is 0.528. The Bertz CT molecular complexity index is 178. The number of hydrogen-bond acceptors (Lipinski definition) is 0. The topological polar surface area (TPSA) is 0 Å². The number of fused-ring (bicyclic) bond motifs is 2. The lowest BCUT2D eigenvalue weighted by atomic mass is 9.89. The molecule has 2 fully saturated rings. The van der Waals surface area contributed by atoms with Gasteiger partial charge in [0.05, 0.1) is 0 Å². The number of rotatable bonds is 2. The molecule has 0 heteroatoms. The molecule has 60 valence electrons. The van der Waals surface area contributed by atoms with Gasteiger partial charge in [0.25, 0.3) is 0 Å². The molecule has 3 atom stereocenters. The molecule has 0 radical (unpaired) electrons. The molecule has 2 bridgehead atoms. The lowest BCUT2D eigenvalue weighted by molar-refractivity contribution is 0.394. The summed E-state index contributed by atoms with van der Waals surface area (Å²) < 4.78 is 0. The van der Waals surface area contributed by atoms with E-state index in [9.17, 15) is 0 Å². The molecule has 3 unspecified atom stereocenters. The van der Waals surface area contributed by atoms with Crippen LogP contribution in [0, 0.1) is 17.8 Å². The number of hydrogen-bond donors (Lipinski definition) is 0. The molecule has 0 N–H and O–H groups in total. The summed E-state index contributed by atoms with van der Waals surface area (Å²) in [5.41, 5.74) is 0. The summed E-state index contributed by atoms with van der Waals surface area (Å²) in [5.74, 6) is 2.99. The van der Waals surface area contributed by atoms with Crippen LogP contribution in [0.4, 0.5) is 0 Å². The fraction of sp³-hybridized carbons (Fsp3) is 0.636. The van der Waals surface area contributed by atoms with E-state index in [1.807, 2.05) is 6.08 Å². The minimum atomic E-state index is 0.895. The largest absolute Gasteiger partial charge is 0.0991 e. The molecule has 0 aromatic rings. The van der Waals surface area contributed by atoms with Crippen LogP contribution in [0.25, 0.3) is 0 Å². The molecule has 2 saturated carbocycles. The summed E-state index contributed by atoms with van der Waals surface area (Å²) in [5, 5.41) is 0. The molecule has 0 saturated heterocycles. The molecule has 11 heavy (non-hydrogen) atoms. The van der Waals surface area contributed by atoms with E-state index in [2.05, 4.69) is 18.7 Å². The second-order valence-corrected chi connectivity index (χ2v) is 3.96. The van der Waals surface area contributed by atoms with E-state index in [-0.39, 0.29) is 0 Å². The van der Waals surface area contributed by atoms with Crippen molar-refractivity contribution in [3.05, 3.63) is 24.8 Å². The highest BCUT2D eigenvalue weighted by Gasteiger charge is 2.37. The normalized spacial score (nSPS) is 42.0. The molecule has 2 rings (SSSR count). The van der Waals surface area contributed by atoms with Crippen molar-refractivity contribution >= 4 is 0 Å². The third-order valence-electron chi connectivity index (χ3n) is 3.29. The summed E-state index contributed by atoms with van der Waals surface area (Å²) in [4.78, 5) is 0. The molecule has 0 nitrogen and oxygen atoms in total. The van der Waals surface area contributed by atoms with E-state index in [0.29, 0.717) is 0 Å². The first-order chi connectivity index (χ1) is 5.40. The Kier molecular flexibility index (Phi) is 1.85. The molecule has 0 amide bonds.